The smallest absolute Gasteiger partial charge is 0.329 e. The van der Waals surface area contributed by atoms with Crippen LogP contribution in [0.15, 0.2) is 18.2 Å². The Morgan fingerprint density at radius 3 is 2.39 bits per heavy atom. The monoisotopic (exact) mass is 532 g/mol. The van der Waals surface area contributed by atoms with Crippen LogP contribution in [0.1, 0.15) is 79.2 Å². The summed E-state index contributed by atoms with van der Waals surface area (Å²) in [4.78, 5) is 40.2. The fourth-order valence-electron chi connectivity index (χ4n) is 5.82. The van der Waals surface area contributed by atoms with Crippen molar-refractivity contribution in [2.24, 2.45) is 16.7 Å². The molecule has 2 aliphatic rings. The van der Waals surface area contributed by atoms with E-state index in [4.69, 9.17) is 4.74 Å². The van der Waals surface area contributed by atoms with Gasteiger partial charge in [0.2, 0.25) is 11.8 Å². The van der Waals surface area contributed by atoms with Gasteiger partial charge in [-0.1, -0.05) is 33.8 Å². The molecule has 212 valence electrons. The normalized spacial score (nSPS) is 24.4. The zero-order valence-corrected chi connectivity index (χ0v) is 23.5. The van der Waals surface area contributed by atoms with Crippen molar-refractivity contribution in [3.8, 4) is 11.5 Å². The van der Waals surface area contributed by atoms with Crippen LogP contribution in [0.3, 0.4) is 0 Å². The first-order valence-corrected chi connectivity index (χ1v) is 13.6. The molecule has 0 spiro atoms. The minimum Gasteiger partial charge on any atom is -0.504 e. The lowest BCUT2D eigenvalue weighted by molar-refractivity contribution is -0.159. The second-order valence-electron chi connectivity index (χ2n) is 12.3. The number of rotatable bonds is 9. The van der Waals surface area contributed by atoms with Gasteiger partial charge in [-0.2, -0.15) is 0 Å². The van der Waals surface area contributed by atoms with Gasteiger partial charge in [-0.05, 0) is 80.4 Å². The van der Waals surface area contributed by atoms with Gasteiger partial charge in [0.05, 0.1) is 6.10 Å². The van der Waals surface area contributed by atoms with E-state index in [1.165, 1.54) is 30.0 Å². The van der Waals surface area contributed by atoms with Crippen molar-refractivity contribution < 1.29 is 34.4 Å². The third kappa shape index (κ3) is 6.42. The number of likely N-dealkylation sites (tertiary alicyclic amines) is 1. The Balaban J connectivity index is 1.53. The van der Waals surface area contributed by atoms with Crippen molar-refractivity contribution in [3.05, 3.63) is 23.8 Å². The second-order valence-corrected chi connectivity index (χ2v) is 12.3. The third-order valence-electron chi connectivity index (χ3n) is 9.13. The van der Waals surface area contributed by atoms with E-state index in [0.717, 1.165) is 19.3 Å². The van der Waals surface area contributed by atoms with Crippen molar-refractivity contribution in [1.82, 2.24) is 10.2 Å². The summed E-state index contributed by atoms with van der Waals surface area (Å²) in [5, 5.41) is 31.8. The number of esters is 1. The molecule has 4 N–H and O–H groups in total. The number of aliphatic hydroxyl groups excluding tert-OH is 1. The van der Waals surface area contributed by atoms with E-state index < -0.39 is 36.0 Å². The van der Waals surface area contributed by atoms with Gasteiger partial charge < -0.3 is 30.3 Å². The molecule has 2 fully saturated rings. The Labute approximate surface area is 225 Å². The van der Waals surface area contributed by atoms with Gasteiger partial charge in [0.25, 0.3) is 0 Å². The summed E-state index contributed by atoms with van der Waals surface area (Å²) < 4.78 is 5.82. The van der Waals surface area contributed by atoms with Crippen molar-refractivity contribution in [2.45, 2.75) is 104 Å². The molecule has 2 amide bonds. The minimum atomic E-state index is -1.46. The largest absolute Gasteiger partial charge is 0.504 e. The fraction of sp³-hybridized carbons (Fsp3) is 0.690. The Morgan fingerprint density at radius 2 is 1.79 bits per heavy atom. The lowest BCUT2D eigenvalue weighted by Gasteiger charge is -2.40. The van der Waals surface area contributed by atoms with Crippen LogP contribution in [-0.2, 0) is 25.5 Å². The molecule has 1 aliphatic carbocycles. The molecule has 1 aromatic rings. The van der Waals surface area contributed by atoms with Crippen molar-refractivity contribution in [1.29, 1.82) is 0 Å². The van der Waals surface area contributed by atoms with E-state index >= 15 is 0 Å². The number of hydrogen-bond donors (Lipinski definition) is 4. The van der Waals surface area contributed by atoms with Crippen LogP contribution in [0.5, 0.6) is 11.5 Å². The predicted molar refractivity (Wildman–Crippen MR) is 142 cm³/mol. The highest BCUT2D eigenvalue weighted by atomic mass is 16.5. The average molecular weight is 533 g/mol. The Kier molecular flexibility index (Phi) is 9.01. The number of hydrogen-bond acceptors (Lipinski definition) is 7. The fourth-order valence-corrected chi connectivity index (χ4v) is 5.82. The molecule has 9 heteroatoms. The molecule has 1 heterocycles. The van der Waals surface area contributed by atoms with Crippen LogP contribution < -0.4 is 5.32 Å². The first-order valence-electron chi connectivity index (χ1n) is 13.6. The Hall–Kier alpha value is -2.81. The van der Waals surface area contributed by atoms with Crippen LogP contribution in [0.25, 0.3) is 0 Å². The van der Waals surface area contributed by atoms with Crippen LogP contribution >= 0.6 is 0 Å². The maximum Gasteiger partial charge on any atom is 0.329 e. The zero-order chi connectivity index (χ0) is 28.4. The zero-order valence-electron chi connectivity index (χ0n) is 23.5. The lowest BCUT2D eigenvalue weighted by Crippen LogP contribution is -2.52. The van der Waals surface area contributed by atoms with Crippen LogP contribution in [0.4, 0.5) is 0 Å². The molecule has 38 heavy (non-hydrogen) atoms. The van der Waals surface area contributed by atoms with Gasteiger partial charge in [0.15, 0.2) is 11.5 Å². The average Bonchev–Trinajstić information content (AvgIpc) is 3.39. The molecule has 0 aromatic heterocycles. The summed E-state index contributed by atoms with van der Waals surface area (Å²) in [5.41, 5.74) is 0.822. The van der Waals surface area contributed by atoms with Crippen LogP contribution in [-0.4, -0.2) is 68.8 Å². The number of nitrogens with zero attached hydrogens (tertiary/aromatic N) is 1. The topological polar surface area (TPSA) is 136 Å². The van der Waals surface area contributed by atoms with Crippen molar-refractivity contribution >= 4 is 17.8 Å². The van der Waals surface area contributed by atoms with E-state index in [1.54, 1.807) is 0 Å². The number of phenolic OH excluding ortho intramolecular Hbond substituents is 2. The van der Waals surface area contributed by atoms with E-state index in [9.17, 15) is 29.7 Å². The molecular weight excluding hydrogens is 488 g/mol. The van der Waals surface area contributed by atoms with E-state index in [2.05, 4.69) is 33.0 Å². The lowest BCUT2D eigenvalue weighted by atomic mass is 9.66. The second kappa shape index (κ2) is 11.5. The number of aromatic hydroxyl groups is 2. The number of amides is 2. The summed E-state index contributed by atoms with van der Waals surface area (Å²) in [6.07, 6.45) is 2.38. The summed E-state index contributed by atoms with van der Waals surface area (Å²) in [7, 11) is 0. The van der Waals surface area contributed by atoms with Gasteiger partial charge in [0.1, 0.15) is 18.2 Å². The molecule has 1 saturated carbocycles. The third-order valence-corrected chi connectivity index (χ3v) is 9.13. The highest BCUT2D eigenvalue weighted by Gasteiger charge is 2.49. The number of nitrogens with one attached hydrogen (secondary N) is 1. The Morgan fingerprint density at radius 1 is 1.11 bits per heavy atom. The maximum atomic E-state index is 13.1. The van der Waals surface area contributed by atoms with Crippen molar-refractivity contribution in [3.63, 3.8) is 0 Å². The quantitative estimate of drug-likeness (QED) is 0.283. The van der Waals surface area contributed by atoms with Crippen molar-refractivity contribution in [2.75, 3.05) is 6.54 Å². The number of benzene rings is 1. The summed E-state index contributed by atoms with van der Waals surface area (Å²) in [6.45, 7) is 13.0. The van der Waals surface area contributed by atoms with Crippen LogP contribution in [0, 0.1) is 16.7 Å². The van der Waals surface area contributed by atoms with Gasteiger partial charge in [0, 0.05) is 13.0 Å². The molecule has 0 bridgehead atoms. The molecule has 1 saturated heterocycles. The SMILES string of the molecule is CC(CC1CCC(C)(C)C1(C)C)OC(=O)[C@@H]1CCCN1C(=O)[C@H](C)NC(=O)[C@H](O)Cc1ccc(O)c(O)c1. The van der Waals surface area contributed by atoms with E-state index in [-0.39, 0.29) is 34.9 Å². The Bertz CT molecular complexity index is 1040. The summed E-state index contributed by atoms with van der Waals surface area (Å²) in [6, 6.07) is 2.37. The van der Waals surface area contributed by atoms with Gasteiger partial charge in [-0.3, -0.25) is 9.59 Å². The minimum absolute atomic E-state index is 0.105. The number of aliphatic hydroxyl groups is 1. The molecular formula is C29H44N2O7. The molecule has 2 unspecified atom stereocenters. The van der Waals surface area contributed by atoms with E-state index in [0.29, 0.717) is 30.9 Å². The molecule has 1 aromatic carbocycles. The van der Waals surface area contributed by atoms with Gasteiger partial charge >= 0.3 is 5.97 Å². The molecule has 9 nitrogen and oxygen atoms in total. The maximum absolute atomic E-state index is 13.1. The predicted octanol–water partition coefficient (Wildman–Crippen LogP) is 3.28. The van der Waals surface area contributed by atoms with E-state index in [1.807, 2.05) is 6.92 Å². The standard InChI is InChI=1S/C29H44N2O7/c1-17(14-20-11-12-28(3,4)29(20,5)6)38-27(37)21-8-7-13-31(21)26(36)18(2)30-25(35)24(34)16-19-9-10-22(32)23(33)15-19/h9-10,15,17-18,20-21,24,32-34H,7-8,11-14,16H2,1-6H3,(H,30,35)/t17?,18-,20?,21-,24+/m0/s1. The number of phenols is 2. The molecule has 3 rings (SSSR count). The first kappa shape index (κ1) is 29.7. The first-order chi connectivity index (χ1) is 17.6. The molecule has 0 radical (unpaired) electrons. The molecule has 5 atom stereocenters. The van der Waals surface area contributed by atoms with Gasteiger partial charge in [-0.25, -0.2) is 4.79 Å². The van der Waals surface area contributed by atoms with Gasteiger partial charge in [-0.15, -0.1) is 0 Å². The molecule has 1 aliphatic heterocycles. The number of carbonyl (C=O) groups excluding carboxylic acids is 3. The van der Waals surface area contributed by atoms with Crippen LogP contribution in [0.2, 0.25) is 0 Å². The summed E-state index contributed by atoms with van der Waals surface area (Å²) >= 11 is 0. The number of carbonyl (C=O) groups is 3. The highest BCUT2D eigenvalue weighted by Crippen LogP contribution is 2.57. The number of ether oxygens (including phenoxy) is 1. The highest BCUT2D eigenvalue weighted by molar-refractivity contribution is 5.92. The summed E-state index contributed by atoms with van der Waals surface area (Å²) in [5.74, 6) is -1.76.